The van der Waals surface area contributed by atoms with Crippen LogP contribution < -0.4 is 19.1 Å². The molecule has 3 aromatic carbocycles. The number of nitrogens with one attached hydrogen (secondary N) is 1. The van der Waals surface area contributed by atoms with Crippen LogP contribution in [0.25, 0.3) is 0 Å². The number of carbonyl (C=O) groups is 1. The number of anilines is 2. The second-order valence-electron chi connectivity index (χ2n) is 8.86. The fourth-order valence-corrected chi connectivity index (χ4v) is 4.86. The molecule has 1 saturated heterocycles. The third-order valence-corrected chi connectivity index (χ3v) is 7.17. The summed E-state index contributed by atoms with van der Waals surface area (Å²) in [5, 5.41) is 0. The minimum Gasteiger partial charge on any atom is -0.495 e. The van der Waals surface area contributed by atoms with Gasteiger partial charge in [0.05, 0.1) is 19.4 Å². The van der Waals surface area contributed by atoms with Crippen molar-refractivity contribution in [3.05, 3.63) is 77.9 Å². The number of benzene rings is 3. The number of methoxy groups -OCH3 is 1. The average molecular weight is 506 g/mol. The lowest BCUT2D eigenvalue weighted by Gasteiger charge is -2.36. The molecule has 0 aromatic heterocycles. The molecule has 1 amide bonds. The van der Waals surface area contributed by atoms with Crippen molar-refractivity contribution in [2.24, 2.45) is 0 Å². The van der Waals surface area contributed by atoms with E-state index in [-0.39, 0.29) is 5.91 Å². The number of ether oxygens (including phenoxy) is 2. The van der Waals surface area contributed by atoms with Gasteiger partial charge < -0.3 is 24.0 Å². The van der Waals surface area contributed by atoms with Crippen LogP contribution in [0.2, 0.25) is 0 Å². The summed E-state index contributed by atoms with van der Waals surface area (Å²) in [6.07, 6.45) is 2.18. The summed E-state index contributed by atoms with van der Waals surface area (Å²) >= 11 is 1.51. The van der Waals surface area contributed by atoms with Crippen molar-refractivity contribution in [2.75, 3.05) is 49.5 Å². The summed E-state index contributed by atoms with van der Waals surface area (Å²) in [5.41, 5.74) is 3.81. The molecule has 4 rings (SSSR count). The number of nitrogens with zero attached hydrogens (tertiary/aromatic N) is 2. The molecule has 1 heterocycles. The number of hydrogen-bond acceptors (Lipinski definition) is 6. The van der Waals surface area contributed by atoms with E-state index >= 15 is 0 Å². The molecule has 6 nitrogen and oxygen atoms in total. The Kier molecular flexibility index (Phi) is 9.01. The second-order valence-corrected chi connectivity index (χ2v) is 9.74. The molecule has 3 aromatic rings. The first-order valence-corrected chi connectivity index (χ1v) is 13.3. The largest absolute Gasteiger partial charge is 0.495 e. The second kappa shape index (κ2) is 12.6. The van der Waals surface area contributed by atoms with Gasteiger partial charge in [-0.15, -0.1) is 0 Å². The van der Waals surface area contributed by atoms with E-state index in [1.807, 2.05) is 72.5 Å². The SMILES string of the molecule is CCCCOc1ccc(NSc2ccc(C)c(C(=O)N3CCN(c4ccccc4OC)CC3)c2)cc1. The Bertz CT molecular complexity index is 1140. The Balaban J connectivity index is 1.34. The van der Waals surface area contributed by atoms with Crippen LogP contribution in [0.15, 0.2) is 71.6 Å². The number of hydrogen-bond donors (Lipinski definition) is 1. The average Bonchev–Trinajstić information content (AvgIpc) is 2.93. The van der Waals surface area contributed by atoms with Crippen LogP contribution >= 0.6 is 11.9 Å². The van der Waals surface area contributed by atoms with Gasteiger partial charge in [-0.2, -0.15) is 0 Å². The Morgan fingerprint density at radius 2 is 1.75 bits per heavy atom. The van der Waals surface area contributed by atoms with Crippen LogP contribution in [0.4, 0.5) is 11.4 Å². The molecule has 0 unspecified atom stereocenters. The van der Waals surface area contributed by atoms with E-state index in [1.165, 1.54) is 11.9 Å². The number of para-hydroxylation sites is 2. The number of aryl methyl sites for hydroxylation is 1. The lowest BCUT2D eigenvalue weighted by Crippen LogP contribution is -2.49. The molecular weight excluding hydrogens is 470 g/mol. The fourth-order valence-electron chi connectivity index (χ4n) is 4.18. The number of piperazine rings is 1. The van der Waals surface area contributed by atoms with Gasteiger partial charge in [0.2, 0.25) is 0 Å². The highest BCUT2D eigenvalue weighted by Crippen LogP contribution is 2.29. The summed E-state index contributed by atoms with van der Waals surface area (Å²) < 4.78 is 14.6. The molecule has 190 valence electrons. The van der Waals surface area contributed by atoms with E-state index in [1.54, 1.807) is 7.11 Å². The van der Waals surface area contributed by atoms with Crippen LogP contribution in [-0.2, 0) is 0 Å². The first kappa shape index (κ1) is 25.8. The number of carbonyl (C=O) groups excluding carboxylic acids is 1. The maximum Gasteiger partial charge on any atom is 0.254 e. The first-order chi connectivity index (χ1) is 17.6. The maximum absolute atomic E-state index is 13.4. The molecule has 1 aliphatic heterocycles. The van der Waals surface area contributed by atoms with E-state index in [0.717, 1.165) is 71.4 Å². The molecule has 0 aliphatic carbocycles. The van der Waals surface area contributed by atoms with Crippen LogP contribution in [0, 0.1) is 6.92 Å². The van der Waals surface area contributed by atoms with Crippen molar-refractivity contribution in [1.29, 1.82) is 0 Å². The van der Waals surface area contributed by atoms with Crippen LogP contribution in [-0.4, -0.2) is 50.7 Å². The third-order valence-electron chi connectivity index (χ3n) is 6.34. The van der Waals surface area contributed by atoms with Crippen LogP contribution in [0.5, 0.6) is 11.5 Å². The van der Waals surface area contributed by atoms with Gasteiger partial charge in [-0.05, 0) is 79.4 Å². The summed E-state index contributed by atoms with van der Waals surface area (Å²) in [6.45, 7) is 7.81. The first-order valence-electron chi connectivity index (χ1n) is 12.5. The van der Waals surface area contributed by atoms with Gasteiger partial charge in [-0.1, -0.05) is 31.5 Å². The van der Waals surface area contributed by atoms with Crippen molar-refractivity contribution in [2.45, 2.75) is 31.6 Å². The van der Waals surface area contributed by atoms with Gasteiger partial charge in [-0.25, -0.2) is 0 Å². The van der Waals surface area contributed by atoms with Crippen molar-refractivity contribution in [3.63, 3.8) is 0 Å². The summed E-state index contributed by atoms with van der Waals surface area (Å²) in [5.74, 6) is 1.83. The quantitative estimate of drug-likeness (QED) is 0.259. The number of rotatable bonds is 10. The normalized spacial score (nSPS) is 13.4. The molecule has 0 saturated carbocycles. The zero-order valence-electron chi connectivity index (χ0n) is 21.3. The minimum absolute atomic E-state index is 0.0863. The van der Waals surface area contributed by atoms with E-state index in [9.17, 15) is 4.79 Å². The van der Waals surface area contributed by atoms with Crippen LogP contribution in [0.3, 0.4) is 0 Å². The van der Waals surface area contributed by atoms with Gasteiger partial charge in [-0.3, -0.25) is 4.79 Å². The highest BCUT2D eigenvalue weighted by molar-refractivity contribution is 8.00. The molecule has 7 heteroatoms. The molecule has 0 spiro atoms. The predicted molar refractivity (Wildman–Crippen MR) is 149 cm³/mol. The van der Waals surface area contributed by atoms with Gasteiger partial charge >= 0.3 is 0 Å². The Labute approximate surface area is 218 Å². The Morgan fingerprint density at radius 1 is 1.00 bits per heavy atom. The van der Waals surface area contributed by atoms with E-state index < -0.39 is 0 Å². The van der Waals surface area contributed by atoms with Gasteiger partial charge in [0.25, 0.3) is 5.91 Å². The van der Waals surface area contributed by atoms with E-state index in [0.29, 0.717) is 13.1 Å². The maximum atomic E-state index is 13.4. The molecule has 1 aliphatic rings. The lowest BCUT2D eigenvalue weighted by molar-refractivity contribution is 0.0745. The molecule has 0 bridgehead atoms. The van der Waals surface area contributed by atoms with E-state index in [4.69, 9.17) is 9.47 Å². The van der Waals surface area contributed by atoms with Crippen molar-refractivity contribution < 1.29 is 14.3 Å². The van der Waals surface area contributed by atoms with Crippen LogP contribution in [0.1, 0.15) is 35.7 Å². The predicted octanol–water partition coefficient (Wildman–Crippen LogP) is 6.26. The topological polar surface area (TPSA) is 54.0 Å². The Morgan fingerprint density at radius 3 is 2.47 bits per heavy atom. The summed E-state index contributed by atoms with van der Waals surface area (Å²) in [4.78, 5) is 18.6. The highest BCUT2D eigenvalue weighted by Gasteiger charge is 2.24. The smallest absolute Gasteiger partial charge is 0.254 e. The zero-order chi connectivity index (χ0) is 25.3. The number of unbranched alkanes of at least 4 members (excludes halogenated alkanes) is 1. The molecule has 36 heavy (non-hydrogen) atoms. The fraction of sp³-hybridized carbons (Fsp3) is 0.345. The zero-order valence-corrected chi connectivity index (χ0v) is 22.1. The standard InChI is InChI=1S/C29H35N3O3S/c1-4-5-20-35-24-13-11-23(12-14-24)30-36-25-15-10-22(2)26(21-25)29(33)32-18-16-31(17-19-32)27-8-6-7-9-28(27)34-3/h6-15,21,30H,4-5,16-20H2,1-3H3. The molecule has 0 atom stereocenters. The minimum atomic E-state index is 0.0863. The molecule has 1 fully saturated rings. The lowest BCUT2D eigenvalue weighted by atomic mass is 10.1. The van der Waals surface area contributed by atoms with E-state index in [2.05, 4.69) is 22.6 Å². The number of amides is 1. The van der Waals surface area contributed by atoms with Gasteiger partial charge in [0.1, 0.15) is 11.5 Å². The van der Waals surface area contributed by atoms with Crippen molar-refractivity contribution in [3.8, 4) is 11.5 Å². The van der Waals surface area contributed by atoms with Gasteiger partial charge in [0, 0.05) is 42.3 Å². The summed E-state index contributed by atoms with van der Waals surface area (Å²) in [6, 6.07) is 22.1. The Hall–Kier alpha value is -3.32. The molecular formula is C29H35N3O3S. The molecule has 0 radical (unpaired) electrons. The molecule has 1 N–H and O–H groups in total. The third kappa shape index (κ3) is 6.46. The van der Waals surface area contributed by atoms with Gasteiger partial charge in [0.15, 0.2) is 0 Å². The van der Waals surface area contributed by atoms with Crippen molar-refractivity contribution in [1.82, 2.24) is 4.90 Å². The summed E-state index contributed by atoms with van der Waals surface area (Å²) in [7, 11) is 1.69. The van der Waals surface area contributed by atoms with Crippen molar-refractivity contribution >= 4 is 29.2 Å². The highest BCUT2D eigenvalue weighted by atomic mass is 32.2. The monoisotopic (exact) mass is 505 g/mol.